The van der Waals surface area contributed by atoms with Gasteiger partial charge in [-0.15, -0.1) is 11.3 Å². The molecule has 1 fully saturated rings. The molecule has 0 spiro atoms. The van der Waals surface area contributed by atoms with Gasteiger partial charge in [0.2, 0.25) is 0 Å². The third kappa shape index (κ3) is 2.34. The number of carbonyl (C=O) groups is 1. The van der Waals surface area contributed by atoms with Crippen molar-refractivity contribution < 1.29 is 9.53 Å². The zero-order valence-electron chi connectivity index (χ0n) is 8.40. The number of carbonyl (C=O) groups excluding carboxylic acids is 1. The summed E-state index contributed by atoms with van der Waals surface area (Å²) in [7, 11) is 1.66. The van der Waals surface area contributed by atoms with Crippen LogP contribution in [0.1, 0.15) is 9.67 Å². The Bertz CT molecular complexity index is 328. The fourth-order valence-corrected chi connectivity index (χ4v) is 2.14. The standard InChI is InChI=1S/C9H13N3O2S/c1-14-7-3-10-2-6(7)12-9(13)8-4-11-5-15-8/h4-7,10H,2-3H2,1H3,(H,12,13)/t6?,7-/m0/s1. The van der Waals surface area contributed by atoms with Gasteiger partial charge in [-0.2, -0.15) is 0 Å². The van der Waals surface area contributed by atoms with E-state index in [1.54, 1.807) is 18.8 Å². The van der Waals surface area contributed by atoms with Gasteiger partial charge in [0.05, 0.1) is 23.9 Å². The number of ether oxygens (including phenoxy) is 1. The summed E-state index contributed by atoms with van der Waals surface area (Å²) in [4.78, 5) is 16.2. The van der Waals surface area contributed by atoms with Gasteiger partial charge in [-0.25, -0.2) is 0 Å². The molecule has 1 aliphatic heterocycles. The highest BCUT2D eigenvalue weighted by Gasteiger charge is 2.28. The second-order valence-electron chi connectivity index (χ2n) is 3.38. The van der Waals surface area contributed by atoms with E-state index in [4.69, 9.17) is 4.74 Å². The molecule has 1 unspecified atom stereocenters. The van der Waals surface area contributed by atoms with Crippen LogP contribution in [-0.2, 0) is 4.74 Å². The van der Waals surface area contributed by atoms with Crippen LogP contribution in [-0.4, -0.2) is 43.2 Å². The van der Waals surface area contributed by atoms with Crippen molar-refractivity contribution in [3.8, 4) is 0 Å². The van der Waals surface area contributed by atoms with E-state index < -0.39 is 0 Å². The van der Waals surface area contributed by atoms with Crippen LogP contribution in [0.4, 0.5) is 0 Å². The molecule has 0 aliphatic carbocycles. The Kier molecular flexibility index (Phi) is 3.30. The number of methoxy groups -OCH3 is 1. The van der Waals surface area contributed by atoms with E-state index in [1.165, 1.54) is 11.3 Å². The average molecular weight is 227 g/mol. The molecule has 1 aromatic rings. The van der Waals surface area contributed by atoms with E-state index in [-0.39, 0.29) is 18.1 Å². The summed E-state index contributed by atoms with van der Waals surface area (Å²) < 4.78 is 5.25. The van der Waals surface area contributed by atoms with Gasteiger partial charge in [0.15, 0.2) is 0 Å². The second-order valence-corrected chi connectivity index (χ2v) is 4.26. The van der Waals surface area contributed by atoms with Crippen LogP contribution in [0, 0.1) is 0 Å². The minimum atomic E-state index is -0.0757. The minimum Gasteiger partial charge on any atom is -0.378 e. The summed E-state index contributed by atoms with van der Waals surface area (Å²) in [5.74, 6) is -0.0757. The number of rotatable bonds is 3. The van der Waals surface area contributed by atoms with Crippen molar-refractivity contribution in [1.82, 2.24) is 15.6 Å². The van der Waals surface area contributed by atoms with Crippen molar-refractivity contribution in [3.63, 3.8) is 0 Å². The molecule has 1 aromatic heterocycles. The quantitative estimate of drug-likeness (QED) is 0.754. The molecule has 1 aliphatic rings. The van der Waals surface area contributed by atoms with Crippen molar-refractivity contribution in [1.29, 1.82) is 0 Å². The zero-order valence-corrected chi connectivity index (χ0v) is 9.21. The van der Waals surface area contributed by atoms with Crippen molar-refractivity contribution in [2.45, 2.75) is 12.1 Å². The largest absolute Gasteiger partial charge is 0.378 e. The van der Waals surface area contributed by atoms with Gasteiger partial charge >= 0.3 is 0 Å². The molecule has 2 N–H and O–H groups in total. The van der Waals surface area contributed by atoms with Crippen LogP contribution in [0.2, 0.25) is 0 Å². The topological polar surface area (TPSA) is 63.2 Å². The highest BCUT2D eigenvalue weighted by Crippen LogP contribution is 2.08. The highest BCUT2D eigenvalue weighted by molar-refractivity contribution is 7.11. The smallest absolute Gasteiger partial charge is 0.263 e. The number of nitrogens with zero attached hydrogens (tertiary/aromatic N) is 1. The van der Waals surface area contributed by atoms with E-state index >= 15 is 0 Å². The van der Waals surface area contributed by atoms with Gasteiger partial charge in [-0.05, 0) is 0 Å². The third-order valence-electron chi connectivity index (χ3n) is 2.43. The Morgan fingerprint density at radius 2 is 2.60 bits per heavy atom. The minimum absolute atomic E-state index is 0.0459. The maximum Gasteiger partial charge on any atom is 0.263 e. The molecule has 1 amide bonds. The normalized spacial score (nSPS) is 25.4. The summed E-state index contributed by atoms with van der Waals surface area (Å²) in [6.07, 6.45) is 1.63. The Labute approximate surface area is 91.9 Å². The molecule has 0 aromatic carbocycles. The monoisotopic (exact) mass is 227 g/mol. The molecule has 2 rings (SSSR count). The van der Waals surface area contributed by atoms with Crippen LogP contribution >= 0.6 is 11.3 Å². The molecule has 2 heterocycles. The predicted octanol–water partition coefficient (Wildman–Crippen LogP) is -0.140. The number of hydrogen-bond donors (Lipinski definition) is 2. The lowest BCUT2D eigenvalue weighted by Crippen LogP contribution is -2.43. The van der Waals surface area contributed by atoms with Gasteiger partial charge in [0.25, 0.3) is 5.91 Å². The number of hydrogen-bond acceptors (Lipinski definition) is 5. The summed E-state index contributed by atoms with van der Waals surface area (Å²) in [5, 5.41) is 6.10. The van der Waals surface area contributed by atoms with Crippen molar-refractivity contribution in [2.75, 3.05) is 20.2 Å². The second kappa shape index (κ2) is 4.69. The average Bonchev–Trinajstić information content (AvgIpc) is 2.87. The lowest BCUT2D eigenvalue weighted by molar-refractivity contribution is 0.0782. The number of amides is 1. The summed E-state index contributed by atoms with van der Waals surface area (Å²) in [6.45, 7) is 1.53. The van der Waals surface area contributed by atoms with E-state index in [9.17, 15) is 4.79 Å². The Morgan fingerprint density at radius 3 is 3.27 bits per heavy atom. The van der Waals surface area contributed by atoms with E-state index in [0.29, 0.717) is 4.88 Å². The SMILES string of the molecule is CO[C@H]1CNCC1NC(=O)c1cncs1. The zero-order chi connectivity index (χ0) is 10.7. The molecule has 0 bridgehead atoms. The first-order valence-corrected chi connectivity index (χ1v) is 5.62. The molecule has 6 heteroatoms. The van der Waals surface area contributed by atoms with Crippen LogP contribution in [0.5, 0.6) is 0 Å². The molecular weight excluding hydrogens is 214 g/mol. The Morgan fingerprint density at radius 1 is 1.73 bits per heavy atom. The lowest BCUT2D eigenvalue weighted by Gasteiger charge is -2.17. The van der Waals surface area contributed by atoms with Crippen molar-refractivity contribution >= 4 is 17.2 Å². The van der Waals surface area contributed by atoms with Gasteiger partial charge < -0.3 is 15.4 Å². The van der Waals surface area contributed by atoms with Gasteiger partial charge in [0.1, 0.15) is 4.88 Å². The number of thiazole rings is 1. The van der Waals surface area contributed by atoms with Crippen LogP contribution in [0.25, 0.3) is 0 Å². The fourth-order valence-electron chi connectivity index (χ4n) is 1.61. The lowest BCUT2D eigenvalue weighted by atomic mass is 10.2. The maximum atomic E-state index is 11.7. The van der Waals surface area contributed by atoms with Gasteiger partial charge in [-0.1, -0.05) is 0 Å². The van der Waals surface area contributed by atoms with Crippen LogP contribution in [0.15, 0.2) is 11.7 Å². The summed E-state index contributed by atoms with van der Waals surface area (Å²) in [6, 6.07) is 0.0459. The number of aromatic nitrogens is 1. The molecular formula is C9H13N3O2S. The van der Waals surface area contributed by atoms with Crippen molar-refractivity contribution in [2.24, 2.45) is 0 Å². The van der Waals surface area contributed by atoms with Crippen molar-refractivity contribution in [3.05, 3.63) is 16.6 Å². The first kappa shape index (κ1) is 10.5. The molecule has 0 radical (unpaired) electrons. The summed E-state index contributed by atoms with van der Waals surface area (Å²) >= 11 is 1.34. The third-order valence-corrected chi connectivity index (χ3v) is 3.21. The van der Waals surface area contributed by atoms with Gasteiger partial charge in [-0.3, -0.25) is 9.78 Å². The first-order valence-electron chi connectivity index (χ1n) is 4.74. The molecule has 15 heavy (non-hydrogen) atoms. The number of nitrogens with one attached hydrogen (secondary N) is 2. The molecule has 0 saturated carbocycles. The van der Waals surface area contributed by atoms with E-state index in [2.05, 4.69) is 15.6 Å². The highest BCUT2D eigenvalue weighted by atomic mass is 32.1. The van der Waals surface area contributed by atoms with E-state index in [1.807, 2.05) is 0 Å². The first-order chi connectivity index (χ1) is 7.31. The molecule has 1 saturated heterocycles. The fraction of sp³-hybridized carbons (Fsp3) is 0.556. The molecule has 2 atom stereocenters. The van der Waals surface area contributed by atoms with Crippen LogP contribution < -0.4 is 10.6 Å². The van der Waals surface area contributed by atoms with Gasteiger partial charge in [0, 0.05) is 20.2 Å². The van der Waals surface area contributed by atoms with E-state index in [0.717, 1.165) is 13.1 Å². The maximum absolute atomic E-state index is 11.7. The summed E-state index contributed by atoms with van der Waals surface area (Å²) in [5.41, 5.74) is 1.65. The Hall–Kier alpha value is -0.980. The predicted molar refractivity (Wildman–Crippen MR) is 57.0 cm³/mol. The van der Waals surface area contributed by atoms with Crippen LogP contribution in [0.3, 0.4) is 0 Å². The molecule has 5 nitrogen and oxygen atoms in total. The Balaban J connectivity index is 1.94. The molecule has 82 valence electrons.